The summed E-state index contributed by atoms with van der Waals surface area (Å²) in [6, 6.07) is 18.1. The van der Waals surface area contributed by atoms with Gasteiger partial charge in [0.15, 0.2) is 0 Å². The molecule has 0 aromatic heterocycles. The van der Waals surface area contributed by atoms with Crippen LogP contribution in [-0.2, 0) is 21.1 Å². The maximum Gasteiger partial charge on any atom is 0.417 e. The summed E-state index contributed by atoms with van der Waals surface area (Å²) >= 11 is 5.65. The number of esters is 1. The van der Waals surface area contributed by atoms with Crippen LogP contribution in [0.15, 0.2) is 72.8 Å². The quantitative estimate of drug-likeness (QED) is 0.386. The number of nitrogens with one attached hydrogen (secondary N) is 1. The van der Waals surface area contributed by atoms with E-state index in [1.807, 2.05) is 20.8 Å². The third kappa shape index (κ3) is 6.17. The minimum Gasteiger partial charge on any atom is -0.444 e. The Morgan fingerprint density at radius 3 is 2.09 bits per heavy atom. The van der Waals surface area contributed by atoms with Crippen molar-refractivity contribution < 1.29 is 27.5 Å². The smallest absolute Gasteiger partial charge is 0.417 e. The number of amides is 1. The van der Waals surface area contributed by atoms with Gasteiger partial charge in [-0.1, -0.05) is 74.8 Å². The first-order valence-electron chi connectivity index (χ1n) is 10.4. The molecular weight excluding hydrogens is 467 g/mol. The highest BCUT2D eigenvalue weighted by Crippen LogP contribution is 2.36. The molecule has 0 radical (unpaired) electrons. The highest BCUT2D eigenvalue weighted by Gasteiger charge is 2.34. The van der Waals surface area contributed by atoms with Crippen molar-refractivity contribution in [2.75, 3.05) is 5.32 Å². The highest BCUT2D eigenvalue weighted by atomic mass is 35.5. The van der Waals surface area contributed by atoms with Crippen molar-refractivity contribution in [3.8, 4) is 0 Å². The van der Waals surface area contributed by atoms with E-state index in [4.69, 9.17) is 16.3 Å². The molecule has 4 nitrogen and oxygen atoms in total. The molecule has 0 spiro atoms. The zero-order valence-corrected chi connectivity index (χ0v) is 19.5. The average Bonchev–Trinajstić information content (AvgIpc) is 2.78. The minimum absolute atomic E-state index is 0.108. The van der Waals surface area contributed by atoms with Gasteiger partial charge in [0, 0.05) is 11.3 Å². The Morgan fingerprint density at radius 2 is 1.53 bits per heavy atom. The summed E-state index contributed by atoms with van der Waals surface area (Å²) in [5.74, 6) is -1.54. The lowest BCUT2D eigenvalue weighted by atomic mass is 9.87. The first-order chi connectivity index (χ1) is 15.9. The number of alkyl halides is 3. The van der Waals surface area contributed by atoms with Gasteiger partial charge in [-0.25, -0.2) is 4.79 Å². The molecule has 0 unspecified atom stereocenters. The van der Waals surface area contributed by atoms with Gasteiger partial charge in [-0.05, 0) is 41.3 Å². The molecule has 0 saturated heterocycles. The Labute approximate surface area is 200 Å². The number of benzene rings is 3. The van der Waals surface area contributed by atoms with Crippen LogP contribution in [0.5, 0.6) is 0 Å². The third-order valence-electron chi connectivity index (χ3n) is 5.09. The summed E-state index contributed by atoms with van der Waals surface area (Å²) < 4.78 is 45.1. The molecule has 1 amide bonds. The number of halogens is 4. The number of hydrogen-bond donors (Lipinski definition) is 1. The van der Waals surface area contributed by atoms with Gasteiger partial charge < -0.3 is 10.1 Å². The molecule has 3 aromatic rings. The molecule has 8 heteroatoms. The normalized spacial score (nSPS) is 12.7. The monoisotopic (exact) mass is 489 g/mol. The summed E-state index contributed by atoms with van der Waals surface area (Å²) in [6.07, 6.45) is -6.08. The molecular formula is C26H23ClF3NO3. The van der Waals surface area contributed by atoms with Crippen LogP contribution in [0.25, 0.3) is 0 Å². The molecule has 1 N–H and O–H groups in total. The molecule has 0 saturated carbocycles. The summed E-state index contributed by atoms with van der Waals surface area (Å²) in [5.41, 5.74) is 0.303. The van der Waals surface area contributed by atoms with E-state index in [0.717, 1.165) is 17.7 Å². The van der Waals surface area contributed by atoms with Crippen LogP contribution in [-0.4, -0.2) is 11.9 Å². The Hall–Kier alpha value is -3.32. The SMILES string of the molecule is CC(C)(C)c1ccc(C(=O)O[C@@H](C(=O)Nc2ccc(Cl)c(C(F)(F)F)c2)c2ccccc2)cc1. The van der Waals surface area contributed by atoms with Crippen molar-refractivity contribution in [2.45, 2.75) is 38.5 Å². The molecule has 0 aliphatic carbocycles. The molecule has 0 bridgehead atoms. The first-order valence-corrected chi connectivity index (χ1v) is 10.8. The fraction of sp³-hybridized carbons (Fsp3) is 0.231. The Bertz CT molecular complexity index is 1170. The third-order valence-corrected chi connectivity index (χ3v) is 5.42. The largest absolute Gasteiger partial charge is 0.444 e. The molecule has 0 aliphatic heterocycles. The number of rotatable bonds is 5. The molecule has 3 aromatic carbocycles. The van der Waals surface area contributed by atoms with Crippen molar-refractivity contribution in [2.24, 2.45) is 0 Å². The summed E-state index contributed by atoms with van der Waals surface area (Å²) in [6.45, 7) is 6.12. The molecule has 1 atom stereocenters. The van der Waals surface area contributed by atoms with Crippen molar-refractivity contribution in [1.82, 2.24) is 0 Å². The standard InChI is InChI=1S/C26H23ClF3NO3/c1-25(2,3)18-11-9-17(10-12-18)24(33)34-22(16-7-5-4-6-8-16)23(32)31-19-13-14-21(27)20(15-19)26(28,29)30/h4-15,22H,1-3H3,(H,31,32)/t22-/m1/s1. The van der Waals surface area contributed by atoms with E-state index in [1.165, 1.54) is 6.07 Å². The van der Waals surface area contributed by atoms with Gasteiger partial charge in [-0.2, -0.15) is 13.2 Å². The van der Waals surface area contributed by atoms with E-state index in [0.29, 0.717) is 5.56 Å². The summed E-state index contributed by atoms with van der Waals surface area (Å²) in [7, 11) is 0. The average molecular weight is 490 g/mol. The van der Waals surface area contributed by atoms with Crippen molar-refractivity contribution in [3.05, 3.63) is 100 Å². The number of ether oxygens (including phenoxy) is 1. The van der Waals surface area contributed by atoms with Crippen LogP contribution < -0.4 is 5.32 Å². The molecule has 34 heavy (non-hydrogen) atoms. The Kier molecular flexibility index (Phi) is 7.36. The zero-order valence-electron chi connectivity index (χ0n) is 18.7. The Morgan fingerprint density at radius 1 is 0.912 bits per heavy atom. The van der Waals surface area contributed by atoms with E-state index in [9.17, 15) is 22.8 Å². The van der Waals surface area contributed by atoms with Gasteiger partial charge >= 0.3 is 12.1 Å². The lowest BCUT2D eigenvalue weighted by Gasteiger charge is -2.20. The van der Waals surface area contributed by atoms with Crippen LogP contribution in [0.3, 0.4) is 0 Å². The van der Waals surface area contributed by atoms with Gasteiger partial charge in [0.25, 0.3) is 5.91 Å². The van der Waals surface area contributed by atoms with Crippen molar-refractivity contribution >= 4 is 29.2 Å². The number of carbonyl (C=O) groups is 2. The van der Waals surface area contributed by atoms with Crippen molar-refractivity contribution in [3.63, 3.8) is 0 Å². The second-order valence-corrected chi connectivity index (χ2v) is 9.11. The van der Waals surface area contributed by atoms with Crippen molar-refractivity contribution in [1.29, 1.82) is 0 Å². The first kappa shape index (κ1) is 25.3. The topological polar surface area (TPSA) is 55.4 Å². The van der Waals surface area contributed by atoms with E-state index < -0.39 is 34.7 Å². The number of carbonyl (C=O) groups excluding carboxylic acids is 2. The lowest BCUT2D eigenvalue weighted by molar-refractivity contribution is -0.137. The summed E-state index contributed by atoms with van der Waals surface area (Å²) in [5, 5.41) is 1.90. The summed E-state index contributed by atoms with van der Waals surface area (Å²) in [4.78, 5) is 25.8. The number of anilines is 1. The second kappa shape index (κ2) is 9.89. The lowest BCUT2D eigenvalue weighted by Crippen LogP contribution is -2.26. The predicted octanol–water partition coefficient (Wildman–Crippen LogP) is 7.19. The van der Waals surface area contributed by atoms with Crippen LogP contribution >= 0.6 is 11.6 Å². The van der Waals surface area contributed by atoms with Crippen LogP contribution in [0.1, 0.15) is 53.9 Å². The predicted molar refractivity (Wildman–Crippen MR) is 125 cm³/mol. The molecule has 3 rings (SSSR count). The number of hydrogen-bond acceptors (Lipinski definition) is 3. The minimum atomic E-state index is -4.69. The molecule has 178 valence electrons. The van der Waals surface area contributed by atoms with Crippen LogP contribution in [0.2, 0.25) is 5.02 Å². The van der Waals surface area contributed by atoms with E-state index in [2.05, 4.69) is 5.32 Å². The van der Waals surface area contributed by atoms with Gasteiger partial charge in [0.05, 0.1) is 16.1 Å². The van der Waals surface area contributed by atoms with Crippen LogP contribution in [0, 0.1) is 0 Å². The van der Waals surface area contributed by atoms with E-state index >= 15 is 0 Å². The Balaban J connectivity index is 1.86. The maximum absolute atomic E-state index is 13.2. The maximum atomic E-state index is 13.2. The molecule has 0 aliphatic rings. The zero-order chi connectivity index (χ0) is 25.1. The molecule has 0 fully saturated rings. The van der Waals surface area contributed by atoms with Gasteiger partial charge in [0.2, 0.25) is 6.10 Å². The van der Waals surface area contributed by atoms with Gasteiger partial charge in [-0.15, -0.1) is 0 Å². The van der Waals surface area contributed by atoms with Crippen LogP contribution in [0.4, 0.5) is 18.9 Å². The van der Waals surface area contributed by atoms with E-state index in [1.54, 1.807) is 54.6 Å². The fourth-order valence-electron chi connectivity index (χ4n) is 3.21. The van der Waals surface area contributed by atoms with E-state index in [-0.39, 0.29) is 16.7 Å². The second-order valence-electron chi connectivity index (χ2n) is 8.71. The van der Waals surface area contributed by atoms with Gasteiger partial charge in [-0.3, -0.25) is 4.79 Å². The molecule has 0 heterocycles. The van der Waals surface area contributed by atoms with Gasteiger partial charge in [0.1, 0.15) is 0 Å². The fourth-order valence-corrected chi connectivity index (χ4v) is 3.43. The highest BCUT2D eigenvalue weighted by molar-refractivity contribution is 6.31.